The van der Waals surface area contributed by atoms with E-state index in [9.17, 15) is 4.79 Å². The molecule has 0 saturated carbocycles. The highest BCUT2D eigenvalue weighted by molar-refractivity contribution is 5.88. The van der Waals surface area contributed by atoms with Crippen molar-refractivity contribution >= 4 is 5.97 Å². The highest BCUT2D eigenvalue weighted by atomic mass is 16.5. The fourth-order valence-corrected chi connectivity index (χ4v) is 1.27. The third-order valence-electron chi connectivity index (χ3n) is 2.00. The van der Waals surface area contributed by atoms with Crippen LogP contribution < -0.4 is 4.74 Å². The average Bonchev–Trinajstić information content (AvgIpc) is 2.30. The predicted molar refractivity (Wildman–Crippen MR) is 58.8 cm³/mol. The zero-order valence-corrected chi connectivity index (χ0v) is 8.38. The molecular weight excluding hydrogens is 204 g/mol. The Bertz CT molecular complexity index is 492. The van der Waals surface area contributed by atoms with Crippen LogP contribution in [-0.2, 0) is 0 Å². The lowest BCUT2D eigenvalue weighted by atomic mass is 10.2. The summed E-state index contributed by atoms with van der Waals surface area (Å²) in [5.41, 5.74) is 0.208. The second kappa shape index (κ2) is 4.49. The van der Waals surface area contributed by atoms with E-state index in [2.05, 4.69) is 6.07 Å². The van der Waals surface area contributed by atoms with E-state index in [4.69, 9.17) is 9.84 Å². The molecule has 2 aromatic rings. The van der Waals surface area contributed by atoms with Gasteiger partial charge in [-0.15, -0.1) is 0 Å². The molecule has 0 fully saturated rings. The molecule has 3 heteroatoms. The first-order valence-electron chi connectivity index (χ1n) is 4.73. The van der Waals surface area contributed by atoms with Crippen LogP contribution in [0.25, 0.3) is 0 Å². The van der Waals surface area contributed by atoms with Crippen molar-refractivity contribution in [2.75, 3.05) is 0 Å². The molecule has 16 heavy (non-hydrogen) atoms. The molecule has 1 N–H and O–H groups in total. The van der Waals surface area contributed by atoms with Crippen molar-refractivity contribution in [1.29, 1.82) is 0 Å². The number of benzene rings is 2. The Balaban J connectivity index is 2.22. The Hall–Kier alpha value is -2.29. The van der Waals surface area contributed by atoms with Gasteiger partial charge in [-0.25, -0.2) is 4.79 Å². The number of carboxylic acids is 1. The van der Waals surface area contributed by atoms with Gasteiger partial charge in [0.2, 0.25) is 0 Å². The van der Waals surface area contributed by atoms with Gasteiger partial charge in [0, 0.05) is 0 Å². The minimum Gasteiger partial charge on any atom is -0.478 e. The first-order valence-corrected chi connectivity index (χ1v) is 4.73. The van der Waals surface area contributed by atoms with Gasteiger partial charge in [0.1, 0.15) is 11.5 Å². The van der Waals surface area contributed by atoms with Gasteiger partial charge in [-0.3, -0.25) is 0 Å². The van der Waals surface area contributed by atoms with Gasteiger partial charge < -0.3 is 9.84 Å². The minimum absolute atomic E-state index is 0.208. The second-order valence-electron chi connectivity index (χ2n) is 3.17. The van der Waals surface area contributed by atoms with Crippen LogP contribution in [0.3, 0.4) is 0 Å². The third kappa shape index (κ3) is 2.39. The van der Waals surface area contributed by atoms with Gasteiger partial charge in [-0.1, -0.05) is 18.2 Å². The monoisotopic (exact) mass is 213 g/mol. The van der Waals surface area contributed by atoms with E-state index in [1.165, 1.54) is 12.1 Å². The summed E-state index contributed by atoms with van der Waals surface area (Å²) in [4.78, 5) is 10.7. The Morgan fingerprint density at radius 1 is 1.12 bits per heavy atom. The van der Waals surface area contributed by atoms with Gasteiger partial charge in [0.15, 0.2) is 0 Å². The molecule has 2 rings (SSSR count). The standard InChI is InChI=1S/C13H9O3/c14-13(15)10-5-4-8-12(9-10)16-11-6-2-1-3-7-11/h2-9H,(H,14,15). The van der Waals surface area contributed by atoms with E-state index in [0.717, 1.165) is 0 Å². The van der Waals surface area contributed by atoms with E-state index >= 15 is 0 Å². The van der Waals surface area contributed by atoms with Crippen molar-refractivity contribution in [1.82, 2.24) is 0 Å². The number of hydrogen-bond acceptors (Lipinski definition) is 2. The summed E-state index contributed by atoms with van der Waals surface area (Å²) in [6.07, 6.45) is 0. The molecule has 0 saturated heterocycles. The highest BCUT2D eigenvalue weighted by Gasteiger charge is 2.04. The molecule has 1 radical (unpaired) electrons. The van der Waals surface area contributed by atoms with E-state index in [-0.39, 0.29) is 5.56 Å². The summed E-state index contributed by atoms with van der Waals surface area (Å²) in [7, 11) is 0. The summed E-state index contributed by atoms with van der Waals surface area (Å²) in [5, 5.41) is 8.81. The Kier molecular flexibility index (Phi) is 2.87. The summed E-state index contributed by atoms with van der Waals surface area (Å²) >= 11 is 0. The maximum Gasteiger partial charge on any atom is 0.335 e. The van der Waals surface area contributed by atoms with E-state index < -0.39 is 5.97 Å². The second-order valence-corrected chi connectivity index (χ2v) is 3.17. The molecule has 0 aliphatic heterocycles. The average molecular weight is 213 g/mol. The van der Waals surface area contributed by atoms with Crippen molar-refractivity contribution in [2.45, 2.75) is 0 Å². The quantitative estimate of drug-likeness (QED) is 0.852. The van der Waals surface area contributed by atoms with Crippen molar-refractivity contribution in [3.05, 3.63) is 60.2 Å². The van der Waals surface area contributed by atoms with Gasteiger partial charge in [-0.2, -0.15) is 0 Å². The largest absolute Gasteiger partial charge is 0.478 e. The molecule has 0 unspecified atom stereocenters. The molecule has 0 spiro atoms. The molecule has 0 amide bonds. The number of rotatable bonds is 3. The normalized spacial score (nSPS) is 9.75. The minimum atomic E-state index is -0.966. The molecule has 0 bridgehead atoms. The van der Waals surface area contributed by atoms with Crippen molar-refractivity contribution in [3.8, 4) is 11.5 Å². The van der Waals surface area contributed by atoms with Crippen molar-refractivity contribution in [2.24, 2.45) is 0 Å². The van der Waals surface area contributed by atoms with Gasteiger partial charge in [-0.05, 0) is 36.4 Å². The van der Waals surface area contributed by atoms with Crippen LogP contribution in [0.1, 0.15) is 10.4 Å². The lowest BCUT2D eigenvalue weighted by Crippen LogP contribution is -1.95. The van der Waals surface area contributed by atoms with Crippen LogP contribution in [0.5, 0.6) is 11.5 Å². The van der Waals surface area contributed by atoms with Crippen LogP contribution in [0.4, 0.5) is 0 Å². The van der Waals surface area contributed by atoms with Gasteiger partial charge in [0.05, 0.1) is 5.56 Å². The fraction of sp³-hybridized carbons (Fsp3) is 0. The van der Waals surface area contributed by atoms with Crippen LogP contribution >= 0.6 is 0 Å². The van der Waals surface area contributed by atoms with Crippen molar-refractivity contribution in [3.63, 3.8) is 0 Å². The summed E-state index contributed by atoms with van der Waals surface area (Å²) in [5.74, 6) is 0.194. The first kappa shape index (κ1) is 10.2. The molecule has 2 aromatic carbocycles. The molecular formula is C13H9O3. The zero-order valence-electron chi connectivity index (χ0n) is 8.38. The lowest BCUT2D eigenvalue weighted by molar-refractivity contribution is 0.0696. The molecule has 0 aliphatic rings. The molecule has 0 atom stereocenters. The van der Waals surface area contributed by atoms with E-state index in [1.807, 2.05) is 0 Å². The predicted octanol–water partition coefficient (Wildman–Crippen LogP) is 2.98. The van der Waals surface area contributed by atoms with Gasteiger partial charge in [0.25, 0.3) is 0 Å². The number of carbonyl (C=O) groups is 1. The summed E-state index contributed by atoms with van der Waals surface area (Å²) in [6, 6.07) is 16.2. The van der Waals surface area contributed by atoms with E-state index in [0.29, 0.717) is 11.5 Å². The summed E-state index contributed by atoms with van der Waals surface area (Å²) in [6.45, 7) is 0. The SMILES string of the molecule is O=C(O)c1cccc(Oc2cc[c]cc2)c1. The Labute approximate surface area is 92.9 Å². The molecule has 79 valence electrons. The highest BCUT2D eigenvalue weighted by Crippen LogP contribution is 2.21. The Morgan fingerprint density at radius 3 is 2.56 bits per heavy atom. The summed E-state index contributed by atoms with van der Waals surface area (Å²) < 4.78 is 5.49. The number of aromatic carboxylic acids is 1. The fourth-order valence-electron chi connectivity index (χ4n) is 1.27. The van der Waals surface area contributed by atoms with Gasteiger partial charge >= 0.3 is 5.97 Å². The molecule has 3 nitrogen and oxygen atoms in total. The van der Waals surface area contributed by atoms with Crippen molar-refractivity contribution < 1.29 is 14.6 Å². The maximum absolute atomic E-state index is 10.7. The third-order valence-corrected chi connectivity index (χ3v) is 2.00. The smallest absolute Gasteiger partial charge is 0.335 e. The molecule has 0 heterocycles. The topological polar surface area (TPSA) is 46.5 Å². The molecule has 0 aromatic heterocycles. The number of ether oxygens (including phenoxy) is 1. The maximum atomic E-state index is 10.7. The first-order chi connectivity index (χ1) is 7.75. The van der Waals surface area contributed by atoms with Crippen LogP contribution in [0.2, 0.25) is 0 Å². The Morgan fingerprint density at radius 2 is 1.88 bits per heavy atom. The van der Waals surface area contributed by atoms with Crippen LogP contribution in [0, 0.1) is 6.07 Å². The van der Waals surface area contributed by atoms with E-state index in [1.54, 1.807) is 36.4 Å². The molecule has 0 aliphatic carbocycles. The number of carboxylic acid groups (broad SMARTS) is 1. The van der Waals surface area contributed by atoms with Crippen LogP contribution in [0.15, 0.2) is 48.5 Å². The zero-order chi connectivity index (χ0) is 11.4. The lowest BCUT2D eigenvalue weighted by Gasteiger charge is -2.05. The van der Waals surface area contributed by atoms with Crippen LogP contribution in [-0.4, -0.2) is 11.1 Å². The number of hydrogen-bond donors (Lipinski definition) is 1.